The lowest BCUT2D eigenvalue weighted by atomic mass is 10.1. The summed E-state index contributed by atoms with van der Waals surface area (Å²) in [6.45, 7) is 7.78. The summed E-state index contributed by atoms with van der Waals surface area (Å²) in [4.78, 5) is 28.5. The fourth-order valence-electron chi connectivity index (χ4n) is 3.43. The van der Waals surface area contributed by atoms with Gasteiger partial charge < -0.3 is 19.5 Å². The molecule has 1 N–H and O–H groups in total. The Kier molecular flexibility index (Phi) is 5.62. The number of ether oxygens (including phenoxy) is 3. The Balaban J connectivity index is 1.67. The summed E-state index contributed by atoms with van der Waals surface area (Å²) in [5.74, 6) is 0.132. The Hall–Kier alpha value is -1.83. The number of carbonyl (C=O) groups excluding carboxylic acids is 2. The number of aromatic nitrogens is 1. The second-order valence-corrected chi connectivity index (χ2v) is 9.37. The molecule has 3 rings (SSSR count). The van der Waals surface area contributed by atoms with Crippen LogP contribution in [0.5, 0.6) is 5.88 Å². The molecule has 0 radical (unpaired) electrons. The number of alkyl carbamates (subject to hydrolysis) is 1. The van der Waals surface area contributed by atoms with Gasteiger partial charge in [0, 0.05) is 5.56 Å². The SMILES string of the molecule is COC(=O)C1Cc2c(Br)nc(OCC3(NC(=O)OC(C)(C)C)CC3)c(C)c2C1. The van der Waals surface area contributed by atoms with Gasteiger partial charge in [0.1, 0.15) is 16.8 Å². The predicted octanol–water partition coefficient (Wildman–Crippen LogP) is 3.48. The van der Waals surface area contributed by atoms with Gasteiger partial charge in [-0.15, -0.1) is 0 Å². The second kappa shape index (κ2) is 7.54. The molecule has 28 heavy (non-hydrogen) atoms. The first-order valence-electron chi connectivity index (χ1n) is 9.43. The molecule has 0 aliphatic heterocycles. The number of esters is 1. The number of methoxy groups -OCH3 is 1. The van der Waals surface area contributed by atoms with Crippen LogP contribution in [-0.2, 0) is 27.1 Å². The minimum absolute atomic E-state index is 0.185. The van der Waals surface area contributed by atoms with Crippen LogP contribution in [0.2, 0.25) is 0 Å². The first-order valence-corrected chi connectivity index (χ1v) is 10.2. The molecule has 1 fully saturated rings. The van der Waals surface area contributed by atoms with Crippen LogP contribution in [0.25, 0.3) is 0 Å². The maximum absolute atomic E-state index is 12.1. The maximum atomic E-state index is 12.1. The minimum Gasteiger partial charge on any atom is -0.475 e. The third-order valence-electron chi connectivity index (χ3n) is 5.13. The van der Waals surface area contributed by atoms with Crippen molar-refractivity contribution in [1.29, 1.82) is 0 Å². The molecule has 1 unspecified atom stereocenters. The van der Waals surface area contributed by atoms with Gasteiger partial charge in [-0.2, -0.15) is 0 Å². The van der Waals surface area contributed by atoms with Gasteiger partial charge in [-0.1, -0.05) is 0 Å². The zero-order chi connectivity index (χ0) is 20.7. The number of fused-ring (bicyclic) bond motifs is 1. The van der Waals surface area contributed by atoms with Crippen molar-refractivity contribution in [2.24, 2.45) is 5.92 Å². The number of hydrogen-bond donors (Lipinski definition) is 1. The zero-order valence-electron chi connectivity index (χ0n) is 17.0. The topological polar surface area (TPSA) is 86.8 Å². The lowest BCUT2D eigenvalue weighted by molar-refractivity contribution is -0.145. The Bertz CT molecular complexity index is 799. The van der Waals surface area contributed by atoms with E-state index in [0.29, 0.717) is 29.9 Å². The zero-order valence-corrected chi connectivity index (χ0v) is 18.6. The van der Waals surface area contributed by atoms with Gasteiger partial charge in [0.05, 0.1) is 18.6 Å². The molecule has 8 heteroatoms. The summed E-state index contributed by atoms with van der Waals surface area (Å²) in [5, 5.41) is 2.92. The van der Waals surface area contributed by atoms with E-state index in [4.69, 9.17) is 14.2 Å². The van der Waals surface area contributed by atoms with Gasteiger partial charge in [0.2, 0.25) is 5.88 Å². The first kappa shape index (κ1) is 20.9. The summed E-state index contributed by atoms with van der Waals surface area (Å²) in [5.41, 5.74) is 2.10. The highest BCUT2D eigenvalue weighted by Crippen LogP contribution is 2.40. The van der Waals surface area contributed by atoms with E-state index >= 15 is 0 Å². The molecule has 7 nitrogen and oxygen atoms in total. The number of halogens is 1. The molecule has 1 saturated carbocycles. The number of hydrogen-bond acceptors (Lipinski definition) is 6. The predicted molar refractivity (Wildman–Crippen MR) is 106 cm³/mol. The third kappa shape index (κ3) is 4.59. The van der Waals surface area contributed by atoms with Crippen molar-refractivity contribution in [3.05, 3.63) is 21.3 Å². The van der Waals surface area contributed by atoms with Crippen LogP contribution >= 0.6 is 15.9 Å². The Morgan fingerprint density at radius 3 is 2.46 bits per heavy atom. The van der Waals surface area contributed by atoms with Gasteiger partial charge in [0.15, 0.2) is 0 Å². The van der Waals surface area contributed by atoms with E-state index in [1.807, 2.05) is 27.7 Å². The maximum Gasteiger partial charge on any atom is 0.408 e. The van der Waals surface area contributed by atoms with Crippen molar-refractivity contribution < 1.29 is 23.8 Å². The molecule has 1 aromatic rings. The molecule has 1 atom stereocenters. The highest BCUT2D eigenvalue weighted by molar-refractivity contribution is 9.10. The average molecular weight is 455 g/mol. The number of carbonyl (C=O) groups is 2. The Labute approximate surface area is 173 Å². The van der Waals surface area contributed by atoms with Crippen LogP contribution in [0.4, 0.5) is 4.79 Å². The lowest BCUT2D eigenvalue weighted by Crippen LogP contribution is -2.44. The van der Waals surface area contributed by atoms with Crippen LogP contribution in [0, 0.1) is 12.8 Å². The van der Waals surface area contributed by atoms with E-state index in [1.165, 1.54) is 7.11 Å². The van der Waals surface area contributed by atoms with Gasteiger partial charge in [0.25, 0.3) is 0 Å². The molecule has 0 saturated heterocycles. The molecule has 154 valence electrons. The number of rotatable bonds is 5. The van der Waals surface area contributed by atoms with Gasteiger partial charge in [-0.3, -0.25) is 4.79 Å². The first-order chi connectivity index (χ1) is 13.0. The fraction of sp³-hybridized carbons (Fsp3) is 0.650. The number of nitrogens with zero attached hydrogens (tertiary/aromatic N) is 1. The van der Waals surface area contributed by atoms with Gasteiger partial charge in [-0.05, 0) is 80.4 Å². The number of nitrogens with one attached hydrogen (secondary N) is 1. The largest absolute Gasteiger partial charge is 0.475 e. The molecule has 1 amide bonds. The smallest absolute Gasteiger partial charge is 0.408 e. The van der Waals surface area contributed by atoms with Crippen molar-refractivity contribution in [2.45, 2.75) is 64.5 Å². The van der Waals surface area contributed by atoms with Crippen LogP contribution in [0.3, 0.4) is 0 Å². The van der Waals surface area contributed by atoms with Crippen LogP contribution in [0.1, 0.15) is 50.3 Å². The number of amides is 1. The van der Waals surface area contributed by atoms with E-state index in [2.05, 4.69) is 26.2 Å². The summed E-state index contributed by atoms with van der Waals surface area (Å²) < 4.78 is 16.9. The Morgan fingerprint density at radius 1 is 1.25 bits per heavy atom. The average Bonchev–Trinajstić information content (AvgIpc) is 3.18. The molecule has 2 aliphatic carbocycles. The van der Waals surface area contributed by atoms with Crippen molar-refractivity contribution >= 4 is 28.0 Å². The molecule has 1 heterocycles. The summed E-state index contributed by atoms with van der Waals surface area (Å²) in [6, 6.07) is 0. The molecule has 2 aliphatic rings. The van der Waals surface area contributed by atoms with Crippen molar-refractivity contribution in [2.75, 3.05) is 13.7 Å². The molecule has 0 spiro atoms. The monoisotopic (exact) mass is 454 g/mol. The Morgan fingerprint density at radius 2 is 1.89 bits per heavy atom. The van der Waals surface area contributed by atoms with Gasteiger partial charge >= 0.3 is 12.1 Å². The van der Waals surface area contributed by atoms with Crippen molar-refractivity contribution in [3.63, 3.8) is 0 Å². The molecule has 0 aromatic carbocycles. The van der Waals surface area contributed by atoms with Crippen LogP contribution in [0.15, 0.2) is 4.60 Å². The lowest BCUT2D eigenvalue weighted by Gasteiger charge is -2.23. The van der Waals surface area contributed by atoms with Crippen molar-refractivity contribution in [3.8, 4) is 5.88 Å². The highest BCUT2D eigenvalue weighted by atomic mass is 79.9. The summed E-state index contributed by atoms with van der Waals surface area (Å²) in [6.07, 6.45) is 2.46. The highest BCUT2D eigenvalue weighted by Gasteiger charge is 2.46. The van der Waals surface area contributed by atoms with Crippen molar-refractivity contribution in [1.82, 2.24) is 10.3 Å². The molecule has 1 aromatic heterocycles. The minimum atomic E-state index is -0.541. The number of pyridine rings is 1. The van der Waals surface area contributed by atoms with E-state index in [9.17, 15) is 9.59 Å². The second-order valence-electron chi connectivity index (χ2n) is 8.61. The third-order valence-corrected chi connectivity index (χ3v) is 5.78. The van der Waals surface area contributed by atoms with Crippen LogP contribution in [-0.4, -0.2) is 41.9 Å². The van der Waals surface area contributed by atoms with E-state index in [0.717, 1.165) is 29.5 Å². The van der Waals surface area contributed by atoms with E-state index in [-0.39, 0.29) is 11.9 Å². The molecular weight excluding hydrogens is 428 g/mol. The normalized spacial score (nSPS) is 19.6. The van der Waals surface area contributed by atoms with Crippen LogP contribution < -0.4 is 10.1 Å². The van der Waals surface area contributed by atoms with E-state index < -0.39 is 17.2 Å². The fourth-order valence-corrected chi connectivity index (χ4v) is 3.99. The van der Waals surface area contributed by atoms with Gasteiger partial charge in [-0.25, -0.2) is 9.78 Å². The summed E-state index contributed by atoms with van der Waals surface area (Å²) >= 11 is 3.51. The molecular formula is C20H27BrN2O5. The molecule has 0 bridgehead atoms. The summed E-state index contributed by atoms with van der Waals surface area (Å²) in [7, 11) is 1.41. The van der Waals surface area contributed by atoms with E-state index in [1.54, 1.807) is 0 Å². The quantitative estimate of drug-likeness (QED) is 0.541. The standard InChI is InChI=1S/C20H27BrN2O5/c1-11-13-8-12(17(24)26-5)9-14(13)15(21)22-16(11)27-10-20(6-7-20)23-18(25)28-19(2,3)4/h12H,6-10H2,1-5H3,(H,23,25).